The monoisotopic (exact) mass is 373 g/mol. The van der Waals surface area contributed by atoms with Crippen LogP contribution < -0.4 is 16.1 Å². The van der Waals surface area contributed by atoms with Crippen molar-refractivity contribution in [3.8, 4) is 0 Å². The van der Waals surface area contributed by atoms with Crippen molar-refractivity contribution in [3.05, 3.63) is 49.6 Å². The van der Waals surface area contributed by atoms with Gasteiger partial charge in [-0.1, -0.05) is 24.6 Å². The summed E-state index contributed by atoms with van der Waals surface area (Å²) in [6.45, 7) is 5.70. The number of aromatic nitrogens is 4. The third-order valence-corrected chi connectivity index (χ3v) is 5.15. The first-order chi connectivity index (χ1) is 12.4. The van der Waals surface area contributed by atoms with Crippen LogP contribution in [0.3, 0.4) is 0 Å². The zero-order valence-corrected chi connectivity index (χ0v) is 15.7. The Hall–Kier alpha value is -2.54. The lowest BCUT2D eigenvalue weighted by molar-refractivity contribution is 0.590. The summed E-state index contributed by atoms with van der Waals surface area (Å²) in [6, 6.07) is 5.72. The lowest BCUT2D eigenvalue weighted by atomic mass is 10.2. The summed E-state index contributed by atoms with van der Waals surface area (Å²) in [7, 11) is 1.66. The van der Waals surface area contributed by atoms with E-state index in [0.29, 0.717) is 41.8 Å². The van der Waals surface area contributed by atoms with Crippen molar-refractivity contribution in [1.29, 1.82) is 0 Å². The predicted molar refractivity (Wildman–Crippen MR) is 103 cm³/mol. The molecule has 0 aliphatic carbocycles. The van der Waals surface area contributed by atoms with Crippen LogP contribution in [0.15, 0.2) is 27.8 Å². The van der Waals surface area contributed by atoms with Gasteiger partial charge in [0.05, 0.1) is 0 Å². The molecule has 3 aromatic rings. The van der Waals surface area contributed by atoms with Gasteiger partial charge in [0.2, 0.25) is 5.95 Å². The number of anilines is 2. The normalized spacial score (nSPS) is 13.6. The van der Waals surface area contributed by atoms with Crippen LogP contribution in [0.25, 0.3) is 11.2 Å². The molecular weight excluding hydrogens is 354 g/mol. The van der Waals surface area contributed by atoms with E-state index in [1.54, 1.807) is 7.05 Å². The molecule has 0 saturated carbocycles. The van der Waals surface area contributed by atoms with Gasteiger partial charge in [0.1, 0.15) is 0 Å². The summed E-state index contributed by atoms with van der Waals surface area (Å²) in [6.07, 6.45) is 0.718. The number of hydrogen-bond acceptors (Lipinski definition) is 4. The first-order valence-electron chi connectivity index (χ1n) is 8.67. The van der Waals surface area contributed by atoms with Gasteiger partial charge in [0.25, 0.3) is 5.56 Å². The minimum atomic E-state index is -0.327. The second kappa shape index (κ2) is 6.02. The Morgan fingerprint density at radius 1 is 1.23 bits per heavy atom. The smallest absolute Gasteiger partial charge is 0.310 e. The number of imidazole rings is 1. The number of rotatable bonds is 3. The Kier molecular flexibility index (Phi) is 3.91. The van der Waals surface area contributed by atoms with Crippen LogP contribution in [0.5, 0.6) is 0 Å². The standard InChI is InChI=1S/C18H20ClN5O2/c1-4-7-24-16(25)14-15(21(3)18(24)26)20-17-22(8-9-23(14)17)13-10-12(19)6-5-11(13)2/h5-6,10H,4,7-9H2,1-3H3. The Balaban J connectivity index is 1.98. The quantitative estimate of drug-likeness (QED) is 0.707. The molecule has 0 spiro atoms. The molecule has 26 heavy (non-hydrogen) atoms. The van der Waals surface area contributed by atoms with Gasteiger partial charge >= 0.3 is 5.69 Å². The van der Waals surface area contributed by atoms with E-state index in [9.17, 15) is 9.59 Å². The van der Waals surface area contributed by atoms with Gasteiger partial charge < -0.3 is 9.47 Å². The van der Waals surface area contributed by atoms with Gasteiger partial charge in [-0.15, -0.1) is 0 Å². The lowest BCUT2D eigenvalue weighted by Gasteiger charge is -2.18. The topological polar surface area (TPSA) is 65.1 Å². The zero-order chi connectivity index (χ0) is 18.6. The molecule has 136 valence electrons. The number of hydrogen-bond donors (Lipinski definition) is 0. The van der Waals surface area contributed by atoms with E-state index < -0.39 is 0 Å². The van der Waals surface area contributed by atoms with Gasteiger partial charge in [-0.05, 0) is 31.0 Å². The highest BCUT2D eigenvalue weighted by Gasteiger charge is 2.29. The molecule has 4 rings (SSSR count). The van der Waals surface area contributed by atoms with Gasteiger partial charge in [-0.3, -0.25) is 13.9 Å². The van der Waals surface area contributed by atoms with Crippen LogP contribution in [0.2, 0.25) is 5.02 Å². The van der Waals surface area contributed by atoms with Gasteiger partial charge in [0, 0.05) is 37.4 Å². The van der Waals surface area contributed by atoms with E-state index >= 15 is 0 Å². The van der Waals surface area contributed by atoms with Crippen molar-refractivity contribution in [2.24, 2.45) is 7.05 Å². The fourth-order valence-corrected chi connectivity index (χ4v) is 3.77. The molecule has 0 saturated heterocycles. The third-order valence-electron chi connectivity index (χ3n) is 4.91. The number of benzene rings is 1. The SMILES string of the molecule is CCCn1c(=O)c2c(nc3n2CCN3c2cc(Cl)ccc2C)n(C)c1=O. The van der Waals surface area contributed by atoms with Crippen LogP contribution >= 0.6 is 11.6 Å². The summed E-state index contributed by atoms with van der Waals surface area (Å²) in [4.78, 5) is 32.1. The van der Waals surface area contributed by atoms with Crippen LogP contribution in [-0.2, 0) is 20.1 Å². The van der Waals surface area contributed by atoms with E-state index in [0.717, 1.165) is 17.7 Å². The van der Waals surface area contributed by atoms with E-state index in [-0.39, 0.29) is 11.2 Å². The van der Waals surface area contributed by atoms with E-state index in [1.165, 1.54) is 9.13 Å². The number of aryl methyl sites for hydroxylation is 2. The maximum atomic E-state index is 12.9. The maximum absolute atomic E-state index is 12.9. The van der Waals surface area contributed by atoms with Gasteiger partial charge in [0.15, 0.2) is 11.2 Å². The molecule has 2 aromatic heterocycles. The van der Waals surface area contributed by atoms with Crippen molar-refractivity contribution in [3.63, 3.8) is 0 Å². The number of fused-ring (bicyclic) bond motifs is 3. The molecule has 0 unspecified atom stereocenters. The second-order valence-electron chi connectivity index (χ2n) is 6.62. The largest absolute Gasteiger partial charge is 0.332 e. The maximum Gasteiger partial charge on any atom is 0.332 e. The van der Waals surface area contributed by atoms with Crippen molar-refractivity contribution < 1.29 is 0 Å². The third kappa shape index (κ3) is 2.30. The molecule has 1 aliphatic rings. The van der Waals surface area contributed by atoms with Crippen LogP contribution in [0.1, 0.15) is 18.9 Å². The first kappa shape index (κ1) is 16.9. The molecule has 0 bridgehead atoms. The van der Waals surface area contributed by atoms with Crippen molar-refractivity contribution in [2.75, 3.05) is 11.4 Å². The Morgan fingerprint density at radius 3 is 2.73 bits per heavy atom. The summed E-state index contributed by atoms with van der Waals surface area (Å²) in [5.74, 6) is 0.673. The Labute approximate surface area is 155 Å². The number of nitrogens with zero attached hydrogens (tertiary/aromatic N) is 5. The molecule has 1 aromatic carbocycles. The van der Waals surface area contributed by atoms with E-state index in [4.69, 9.17) is 11.6 Å². The molecule has 0 N–H and O–H groups in total. The molecule has 7 nitrogen and oxygen atoms in total. The summed E-state index contributed by atoms with van der Waals surface area (Å²) in [5, 5.41) is 0.651. The lowest BCUT2D eigenvalue weighted by Crippen LogP contribution is -2.39. The summed E-state index contributed by atoms with van der Waals surface area (Å²) in [5.41, 5.74) is 2.35. The highest BCUT2D eigenvalue weighted by atomic mass is 35.5. The minimum absolute atomic E-state index is 0.270. The zero-order valence-electron chi connectivity index (χ0n) is 15.0. The molecule has 0 radical (unpaired) electrons. The molecule has 0 atom stereocenters. The molecular formula is C18H20ClN5O2. The fraction of sp³-hybridized carbons (Fsp3) is 0.389. The summed E-state index contributed by atoms with van der Waals surface area (Å²) < 4.78 is 4.66. The van der Waals surface area contributed by atoms with Gasteiger partial charge in [-0.2, -0.15) is 4.98 Å². The van der Waals surface area contributed by atoms with E-state index in [2.05, 4.69) is 9.88 Å². The van der Waals surface area contributed by atoms with Crippen LogP contribution in [0, 0.1) is 6.92 Å². The summed E-state index contributed by atoms with van der Waals surface area (Å²) >= 11 is 6.18. The molecule has 8 heteroatoms. The molecule has 0 amide bonds. The van der Waals surface area contributed by atoms with Gasteiger partial charge in [-0.25, -0.2) is 4.79 Å². The predicted octanol–water partition coefficient (Wildman–Crippen LogP) is 2.42. The van der Waals surface area contributed by atoms with Crippen LogP contribution in [-0.4, -0.2) is 25.2 Å². The minimum Gasteiger partial charge on any atom is -0.310 e. The molecule has 1 aliphatic heterocycles. The molecule has 0 fully saturated rings. The average Bonchev–Trinajstić information content (AvgIpc) is 3.18. The Morgan fingerprint density at radius 2 is 2.00 bits per heavy atom. The highest BCUT2D eigenvalue weighted by molar-refractivity contribution is 6.30. The average molecular weight is 374 g/mol. The Bertz CT molecular complexity index is 1140. The fourth-order valence-electron chi connectivity index (χ4n) is 3.60. The van der Waals surface area contributed by atoms with Crippen LogP contribution in [0.4, 0.5) is 11.6 Å². The number of halogens is 1. The first-order valence-corrected chi connectivity index (χ1v) is 9.05. The second-order valence-corrected chi connectivity index (χ2v) is 7.05. The van der Waals surface area contributed by atoms with Crippen molar-refractivity contribution in [1.82, 2.24) is 18.7 Å². The van der Waals surface area contributed by atoms with Crippen molar-refractivity contribution >= 4 is 34.4 Å². The van der Waals surface area contributed by atoms with Crippen molar-refractivity contribution in [2.45, 2.75) is 33.4 Å². The highest BCUT2D eigenvalue weighted by Crippen LogP contribution is 2.34. The van der Waals surface area contributed by atoms with E-state index in [1.807, 2.05) is 36.6 Å². The molecule has 3 heterocycles.